The number of hydrogen-bond acceptors (Lipinski definition) is 8. The van der Waals surface area contributed by atoms with Crippen LogP contribution in [0.2, 0.25) is 0 Å². The van der Waals surface area contributed by atoms with Crippen LogP contribution in [0.25, 0.3) is 0 Å². The summed E-state index contributed by atoms with van der Waals surface area (Å²) in [6, 6.07) is 0. The van der Waals surface area contributed by atoms with Crippen molar-refractivity contribution >= 4 is 30.1 Å². The Morgan fingerprint density at radius 3 is 2.59 bits per heavy atom. The Balaban J connectivity index is 0.00000380. The quantitative estimate of drug-likeness (QED) is 0.329. The highest BCUT2D eigenvalue weighted by atomic mass is 35.5. The van der Waals surface area contributed by atoms with Crippen LogP contribution < -0.4 is 5.73 Å². The van der Waals surface area contributed by atoms with Crippen molar-refractivity contribution in [2.45, 2.75) is 76.7 Å². The van der Waals surface area contributed by atoms with Crippen molar-refractivity contribution in [2.24, 2.45) is 34.3 Å². The molecule has 0 aromatic carbocycles. The normalized spacial score (nSPS) is 42.0. The van der Waals surface area contributed by atoms with Crippen molar-refractivity contribution in [3.63, 3.8) is 0 Å². The first-order valence-corrected chi connectivity index (χ1v) is 12.9. The van der Waals surface area contributed by atoms with Gasteiger partial charge in [-0.1, -0.05) is 25.5 Å². The van der Waals surface area contributed by atoms with Gasteiger partial charge in [-0.15, -0.1) is 12.4 Å². The first-order valence-electron chi connectivity index (χ1n) is 12.9. The number of fused-ring (bicyclic) bond motifs is 5. The number of allylic oxidation sites excluding steroid dienone is 4. The Labute approximate surface area is 223 Å². The number of rotatable bonds is 7. The van der Waals surface area contributed by atoms with Gasteiger partial charge in [0.25, 0.3) is 0 Å². The van der Waals surface area contributed by atoms with Crippen molar-refractivity contribution in [3.05, 3.63) is 23.8 Å². The van der Waals surface area contributed by atoms with Gasteiger partial charge in [0.2, 0.25) is 5.78 Å². The fourth-order valence-electron chi connectivity index (χ4n) is 7.82. The Hall–Kier alpha value is -1.81. The minimum absolute atomic E-state index is 0. The van der Waals surface area contributed by atoms with Gasteiger partial charge in [0.15, 0.2) is 18.1 Å². The van der Waals surface area contributed by atoms with Crippen LogP contribution in [0.5, 0.6) is 0 Å². The summed E-state index contributed by atoms with van der Waals surface area (Å²) in [5.74, 6) is -2.41. The summed E-state index contributed by atoms with van der Waals surface area (Å²) in [4.78, 5) is 37.2. The Bertz CT molecular complexity index is 1000. The van der Waals surface area contributed by atoms with E-state index in [1.807, 2.05) is 0 Å². The molecule has 0 bridgehead atoms. The minimum atomic E-state index is -2.05. The summed E-state index contributed by atoms with van der Waals surface area (Å²) in [6.07, 6.45) is 4.36. The molecular weight excluding hydrogens is 505 g/mol. The largest absolute Gasteiger partial charge is 0.508 e. The number of aliphatic hydroxyl groups excluding tert-OH is 1. The van der Waals surface area contributed by atoms with Crippen LogP contribution in [0.1, 0.15) is 59.3 Å². The molecule has 4 aliphatic carbocycles. The van der Waals surface area contributed by atoms with Gasteiger partial charge in [-0.25, -0.2) is 9.18 Å². The summed E-state index contributed by atoms with van der Waals surface area (Å²) < 4.78 is 27.1. The van der Waals surface area contributed by atoms with E-state index < -0.39 is 58.6 Å². The lowest BCUT2D eigenvalue weighted by Crippen LogP contribution is -2.69. The van der Waals surface area contributed by atoms with Crippen LogP contribution in [0.15, 0.2) is 23.8 Å². The van der Waals surface area contributed by atoms with Crippen molar-refractivity contribution in [3.8, 4) is 0 Å². The standard InChI is InChI=1S/C27H38FNO7.ClH/c1-16-12-20-19-7-6-17-13-18(30)8-9-24(17,2)26(19,28)21(31)14-25(20,3)27(16,34)22(32)15-36-23(33)35-11-5-4-10-29;/h8-9,13,16,19-21,31,34H,4-7,10-12,14-15,29H2,1-3H3;1H/t16-,19+,20+,21+,24+,25+,26+,27+;/m1./s1. The Morgan fingerprint density at radius 1 is 1.22 bits per heavy atom. The monoisotopic (exact) mass is 543 g/mol. The summed E-state index contributed by atoms with van der Waals surface area (Å²) in [6.45, 7) is 5.12. The van der Waals surface area contributed by atoms with Crippen LogP contribution in [0.4, 0.5) is 9.18 Å². The topological polar surface area (TPSA) is 136 Å². The number of unbranched alkanes of at least 4 members (excludes halogenated alkanes) is 1. The molecule has 0 unspecified atom stereocenters. The summed E-state index contributed by atoms with van der Waals surface area (Å²) in [5.41, 5.74) is -0.139. The number of carbonyl (C=O) groups is 3. The molecule has 0 radical (unpaired) electrons. The van der Waals surface area contributed by atoms with E-state index in [1.54, 1.807) is 26.8 Å². The summed E-state index contributed by atoms with van der Waals surface area (Å²) >= 11 is 0. The highest BCUT2D eigenvalue weighted by Crippen LogP contribution is 2.70. The number of hydrogen-bond donors (Lipinski definition) is 3. The molecule has 0 aliphatic heterocycles. The van der Waals surface area contributed by atoms with Crippen molar-refractivity contribution in [2.75, 3.05) is 19.8 Å². The average Bonchev–Trinajstić information content (AvgIpc) is 3.03. The average molecular weight is 544 g/mol. The van der Waals surface area contributed by atoms with E-state index in [2.05, 4.69) is 0 Å². The van der Waals surface area contributed by atoms with E-state index in [0.29, 0.717) is 44.2 Å². The first kappa shape index (κ1) is 29.7. The van der Waals surface area contributed by atoms with Crippen LogP contribution in [0, 0.1) is 28.6 Å². The van der Waals surface area contributed by atoms with Gasteiger partial charge in [0, 0.05) is 16.7 Å². The zero-order valence-corrected chi connectivity index (χ0v) is 22.5. The first-order chi connectivity index (χ1) is 16.9. The molecule has 10 heteroatoms. The van der Waals surface area contributed by atoms with Crippen LogP contribution >= 0.6 is 12.4 Å². The van der Waals surface area contributed by atoms with E-state index in [4.69, 9.17) is 15.2 Å². The molecule has 8 nitrogen and oxygen atoms in total. The fraction of sp³-hybridized carbons (Fsp3) is 0.741. The zero-order chi connectivity index (χ0) is 26.5. The molecule has 4 N–H and O–H groups in total. The van der Waals surface area contributed by atoms with E-state index in [9.17, 15) is 24.6 Å². The maximum absolute atomic E-state index is 17.2. The molecule has 208 valence electrons. The summed E-state index contributed by atoms with van der Waals surface area (Å²) in [7, 11) is 0. The SMILES string of the molecule is C[C@@H]1C[C@H]2[C@@H]3CCC4=CC(=O)C=C[C@]4(C)[C@@]3(F)[C@@H](O)C[C@]2(C)[C@@]1(O)C(=O)COC(=O)OCCCCN.Cl. The van der Waals surface area contributed by atoms with Crippen LogP contribution in [-0.4, -0.2) is 65.1 Å². The smallest absolute Gasteiger partial charge is 0.434 e. The fourth-order valence-corrected chi connectivity index (χ4v) is 7.82. The highest BCUT2D eigenvalue weighted by Gasteiger charge is 2.75. The third-order valence-corrected chi connectivity index (χ3v) is 9.79. The zero-order valence-electron chi connectivity index (χ0n) is 21.7. The maximum Gasteiger partial charge on any atom is 0.508 e. The van der Waals surface area contributed by atoms with E-state index in [-0.39, 0.29) is 37.1 Å². The van der Waals surface area contributed by atoms with Gasteiger partial charge in [-0.3, -0.25) is 9.59 Å². The lowest BCUT2D eigenvalue weighted by molar-refractivity contribution is -0.219. The second-order valence-electron chi connectivity index (χ2n) is 11.5. The van der Waals surface area contributed by atoms with Gasteiger partial charge < -0.3 is 25.4 Å². The molecule has 4 rings (SSSR count). The van der Waals surface area contributed by atoms with Gasteiger partial charge >= 0.3 is 6.16 Å². The Morgan fingerprint density at radius 2 is 1.92 bits per heavy atom. The van der Waals surface area contributed by atoms with Crippen molar-refractivity contribution < 1.29 is 38.5 Å². The summed E-state index contributed by atoms with van der Waals surface area (Å²) in [5, 5.41) is 23.2. The molecule has 0 aromatic heterocycles. The number of ether oxygens (including phenoxy) is 2. The van der Waals surface area contributed by atoms with Gasteiger partial charge in [-0.05, 0) is 76.0 Å². The molecule has 0 spiro atoms. The maximum atomic E-state index is 17.2. The number of halogens is 2. The molecule has 0 heterocycles. The van der Waals surface area contributed by atoms with Crippen LogP contribution in [0.3, 0.4) is 0 Å². The van der Waals surface area contributed by atoms with Gasteiger partial charge in [-0.2, -0.15) is 0 Å². The molecule has 37 heavy (non-hydrogen) atoms. The lowest BCUT2D eigenvalue weighted by atomic mass is 9.44. The second-order valence-corrected chi connectivity index (χ2v) is 11.5. The lowest BCUT2D eigenvalue weighted by Gasteiger charge is -2.62. The number of aliphatic hydroxyl groups is 2. The third kappa shape index (κ3) is 4.26. The Kier molecular flexibility index (Phi) is 8.36. The van der Waals surface area contributed by atoms with Crippen molar-refractivity contribution in [1.29, 1.82) is 0 Å². The molecule has 8 atom stereocenters. The minimum Gasteiger partial charge on any atom is -0.434 e. The predicted octanol–water partition coefficient (Wildman–Crippen LogP) is 3.22. The number of nitrogens with two attached hydrogens (primary N) is 1. The van der Waals surface area contributed by atoms with Gasteiger partial charge in [0.05, 0.1) is 12.7 Å². The predicted molar refractivity (Wildman–Crippen MR) is 136 cm³/mol. The molecule has 0 aromatic rings. The molecule has 4 aliphatic rings. The number of carbonyl (C=O) groups excluding carboxylic acids is 3. The molecule has 0 amide bonds. The molecular formula is C27H39ClFNO7. The number of ketones is 2. The number of alkyl halides is 1. The molecule has 3 fully saturated rings. The molecule has 3 saturated carbocycles. The third-order valence-electron chi connectivity index (χ3n) is 9.79. The molecule has 0 saturated heterocycles. The van der Waals surface area contributed by atoms with Gasteiger partial charge in [0.1, 0.15) is 5.60 Å². The second kappa shape index (κ2) is 10.4. The van der Waals surface area contributed by atoms with E-state index >= 15 is 4.39 Å². The number of Topliss-reactive ketones (excluding diaryl/α,β-unsaturated/α-hetero) is 1. The van der Waals surface area contributed by atoms with Crippen LogP contribution in [-0.2, 0) is 19.1 Å². The van der Waals surface area contributed by atoms with Crippen molar-refractivity contribution in [1.82, 2.24) is 0 Å². The highest BCUT2D eigenvalue weighted by molar-refractivity contribution is 6.01. The van der Waals surface area contributed by atoms with E-state index in [0.717, 1.165) is 0 Å². The van der Waals surface area contributed by atoms with E-state index in [1.165, 1.54) is 12.2 Å².